The van der Waals surface area contributed by atoms with Crippen LogP contribution < -0.4 is 4.74 Å². The van der Waals surface area contributed by atoms with E-state index in [2.05, 4.69) is 0 Å². The Morgan fingerprint density at radius 1 is 1.28 bits per heavy atom. The molecule has 0 saturated carbocycles. The summed E-state index contributed by atoms with van der Waals surface area (Å²) in [6.07, 6.45) is 0. The van der Waals surface area contributed by atoms with Crippen LogP contribution in [0.5, 0.6) is 11.5 Å². The maximum Gasteiger partial charge on any atom is 0.336 e. The third-order valence-corrected chi connectivity index (χ3v) is 2.57. The minimum Gasteiger partial charge on any atom is -0.504 e. The number of phenolic OH excluding ortho intramolecular Hbond substituents is 1. The molecule has 0 heterocycles. The SMILES string of the molecule is COc1c(O)ccc(C(=O)O)c1C(=O)C(Cl)(Cl)Cl. The van der Waals surface area contributed by atoms with Gasteiger partial charge in [0, 0.05) is 0 Å². The molecular weight excluding hydrogens is 306 g/mol. The minimum atomic E-state index is -2.36. The summed E-state index contributed by atoms with van der Waals surface area (Å²) in [6, 6.07) is 2.08. The molecule has 0 aliphatic heterocycles. The first kappa shape index (κ1) is 14.9. The first-order valence-corrected chi connectivity index (χ1v) is 5.58. The molecule has 0 atom stereocenters. The predicted molar refractivity (Wildman–Crippen MR) is 66.2 cm³/mol. The number of hydrogen-bond donors (Lipinski definition) is 2. The van der Waals surface area contributed by atoms with Crippen LogP contribution >= 0.6 is 34.8 Å². The number of carboxylic acid groups (broad SMARTS) is 1. The number of hydrogen-bond acceptors (Lipinski definition) is 4. The number of carbonyl (C=O) groups excluding carboxylic acids is 1. The fourth-order valence-corrected chi connectivity index (χ4v) is 1.61. The lowest BCUT2D eigenvalue weighted by atomic mass is 10.0. The predicted octanol–water partition coefficient (Wildman–Crippen LogP) is 2.65. The molecule has 8 heteroatoms. The summed E-state index contributed by atoms with van der Waals surface area (Å²) >= 11 is 16.3. The number of alkyl halides is 3. The molecule has 0 aliphatic carbocycles. The van der Waals surface area contributed by atoms with Gasteiger partial charge in [-0.15, -0.1) is 0 Å². The number of aromatic carboxylic acids is 1. The Morgan fingerprint density at radius 3 is 2.22 bits per heavy atom. The van der Waals surface area contributed by atoms with Crippen LogP contribution in [-0.2, 0) is 0 Å². The average Bonchev–Trinajstić information content (AvgIpc) is 2.25. The molecule has 1 aromatic carbocycles. The Hall–Kier alpha value is -1.17. The number of ether oxygens (including phenoxy) is 1. The van der Waals surface area contributed by atoms with Crippen molar-refractivity contribution in [1.29, 1.82) is 0 Å². The molecule has 0 unspecified atom stereocenters. The number of phenols is 1. The van der Waals surface area contributed by atoms with Crippen molar-refractivity contribution >= 4 is 46.6 Å². The van der Waals surface area contributed by atoms with Crippen molar-refractivity contribution in [2.45, 2.75) is 3.79 Å². The lowest BCUT2D eigenvalue weighted by Crippen LogP contribution is -2.22. The summed E-state index contributed by atoms with van der Waals surface area (Å²) < 4.78 is 2.42. The Labute approximate surface area is 117 Å². The lowest BCUT2D eigenvalue weighted by molar-refractivity contribution is 0.0691. The quantitative estimate of drug-likeness (QED) is 0.662. The molecular formula is C10H7Cl3O5. The van der Waals surface area contributed by atoms with Crippen molar-refractivity contribution in [3.8, 4) is 11.5 Å². The highest BCUT2D eigenvalue weighted by Gasteiger charge is 2.37. The highest BCUT2D eigenvalue weighted by molar-refractivity contribution is 6.77. The number of rotatable bonds is 3. The molecule has 0 radical (unpaired) electrons. The second-order valence-corrected chi connectivity index (χ2v) is 5.45. The van der Waals surface area contributed by atoms with Crippen LogP contribution in [0.25, 0.3) is 0 Å². The van der Waals surface area contributed by atoms with Crippen LogP contribution in [0.4, 0.5) is 0 Å². The molecule has 98 valence electrons. The van der Waals surface area contributed by atoms with E-state index in [1.807, 2.05) is 0 Å². The van der Waals surface area contributed by atoms with Crippen LogP contribution in [0.15, 0.2) is 12.1 Å². The summed E-state index contributed by atoms with van der Waals surface area (Å²) in [5, 5.41) is 18.5. The van der Waals surface area contributed by atoms with Crippen LogP contribution in [0.3, 0.4) is 0 Å². The van der Waals surface area contributed by atoms with Gasteiger partial charge in [0.25, 0.3) is 3.79 Å². The van der Waals surface area contributed by atoms with Gasteiger partial charge in [-0.25, -0.2) is 4.79 Å². The monoisotopic (exact) mass is 312 g/mol. The number of carbonyl (C=O) groups is 2. The Bertz CT molecular complexity index is 507. The van der Waals surface area contributed by atoms with Gasteiger partial charge >= 0.3 is 5.97 Å². The molecule has 5 nitrogen and oxygen atoms in total. The van der Waals surface area contributed by atoms with E-state index in [1.165, 1.54) is 0 Å². The molecule has 18 heavy (non-hydrogen) atoms. The molecule has 1 aromatic rings. The molecule has 0 spiro atoms. The van der Waals surface area contributed by atoms with Gasteiger partial charge in [0.05, 0.1) is 18.2 Å². The normalized spacial score (nSPS) is 11.1. The summed E-state index contributed by atoms with van der Waals surface area (Å²) in [5.74, 6) is -3.30. The number of methoxy groups -OCH3 is 1. The zero-order valence-corrected chi connectivity index (χ0v) is 11.2. The van der Waals surface area contributed by atoms with Crippen LogP contribution in [0.1, 0.15) is 20.7 Å². The van der Waals surface area contributed by atoms with Gasteiger partial charge in [0.1, 0.15) is 0 Å². The van der Waals surface area contributed by atoms with Crippen molar-refractivity contribution in [3.63, 3.8) is 0 Å². The van der Waals surface area contributed by atoms with E-state index < -0.39 is 32.4 Å². The maximum absolute atomic E-state index is 11.9. The van der Waals surface area contributed by atoms with E-state index in [1.54, 1.807) is 0 Å². The van der Waals surface area contributed by atoms with Gasteiger partial charge in [-0.3, -0.25) is 4.79 Å². The first-order valence-electron chi connectivity index (χ1n) is 4.45. The van der Waals surface area contributed by atoms with E-state index in [-0.39, 0.29) is 5.75 Å². The average molecular weight is 314 g/mol. The number of Topliss-reactive ketones (excluding diaryl/α,β-unsaturated/α-hetero) is 1. The molecule has 2 N–H and O–H groups in total. The minimum absolute atomic E-state index is 0.355. The van der Waals surface area contributed by atoms with Crippen LogP contribution in [-0.4, -0.2) is 32.9 Å². The molecule has 0 fully saturated rings. The molecule has 0 aromatic heterocycles. The number of aromatic hydroxyl groups is 1. The smallest absolute Gasteiger partial charge is 0.336 e. The van der Waals surface area contributed by atoms with Gasteiger partial charge in [-0.2, -0.15) is 0 Å². The Kier molecular flexibility index (Phi) is 4.32. The Morgan fingerprint density at radius 2 is 1.83 bits per heavy atom. The molecule has 1 rings (SSSR count). The molecule has 0 bridgehead atoms. The zero-order valence-electron chi connectivity index (χ0n) is 8.91. The number of ketones is 1. The van der Waals surface area contributed by atoms with Crippen LogP contribution in [0, 0.1) is 0 Å². The second-order valence-electron chi connectivity index (χ2n) is 3.17. The van der Waals surface area contributed by atoms with Crippen molar-refractivity contribution in [1.82, 2.24) is 0 Å². The summed E-state index contributed by atoms with van der Waals surface area (Å²) in [5.41, 5.74) is -0.925. The van der Waals surface area contributed by atoms with Gasteiger partial charge < -0.3 is 14.9 Å². The third-order valence-electron chi connectivity index (χ3n) is 2.06. The lowest BCUT2D eigenvalue weighted by Gasteiger charge is -2.15. The number of carboxylic acids is 1. The topological polar surface area (TPSA) is 83.8 Å². The maximum atomic E-state index is 11.9. The van der Waals surface area contributed by atoms with Crippen molar-refractivity contribution in [2.24, 2.45) is 0 Å². The van der Waals surface area contributed by atoms with Crippen LogP contribution in [0.2, 0.25) is 0 Å². The van der Waals surface area contributed by atoms with E-state index in [0.717, 1.165) is 19.2 Å². The van der Waals surface area contributed by atoms with Crippen molar-refractivity contribution in [3.05, 3.63) is 23.3 Å². The molecule has 0 aliphatic rings. The molecule has 0 amide bonds. The standard InChI is InChI=1S/C10H7Cl3O5/c1-18-7-5(14)3-2-4(9(16)17)6(7)8(15)10(11,12)13/h2-3,14H,1H3,(H,16,17). The van der Waals surface area contributed by atoms with E-state index in [4.69, 9.17) is 44.6 Å². The highest BCUT2D eigenvalue weighted by atomic mass is 35.6. The number of benzene rings is 1. The second kappa shape index (κ2) is 5.22. The summed E-state index contributed by atoms with van der Waals surface area (Å²) in [6.45, 7) is 0. The fourth-order valence-electron chi connectivity index (χ4n) is 1.32. The number of halogens is 3. The first-order chi connectivity index (χ1) is 8.20. The van der Waals surface area contributed by atoms with E-state index >= 15 is 0 Å². The van der Waals surface area contributed by atoms with Gasteiger partial charge in [-0.1, -0.05) is 34.8 Å². The van der Waals surface area contributed by atoms with E-state index in [9.17, 15) is 14.7 Å². The molecule has 0 saturated heterocycles. The van der Waals surface area contributed by atoms with Gasteiger partial charge in [0.15, 0.2) is 11.5 Å². The Balaban J connectivity index is 3.61. The zero-order chi connectivity index (χ0) is 14.1. The largest absolute Gasteiger partial charge is 0.504 e. The third kappa shape index (κ3) is 2.80. The van der Waals surface area contributed by atoms with Crippen molar-refractivity contribution in [2.75, 3.05) is 7.11 Å². The fraction of sp³-hybridized carbons (Fsp3) is 0.200. The van der Waals surface area contributed by atoms with Gasteiger partial charge in [-0.05, 0) is 12.1 Å². The van der Waals surface area contributed by atoms with Crippen molar-refractivity contribution < 1.29 is 24.5 Å². The summed E-state index contributed by atoms with van der Waals surface area (Å²) in [7, 11) is 1.15. The van der Waals surface area contributed by atoms with E-state index in [0.29, 0.717) is 0 Å². The summed E-state index contributed by atoms with van der Waals surface area (Å²) in [4.78, 5) is 22.9. The highest BCUT2D eigenvalue weighted by Crippen LogP contribution is 2.39. The van der Waals surface area contributed by atoms with Gasteiger partial charge in [0.2, 0.25) is 5.78 Å².